The molecule has 0 fully saturated rings. The second-order valence-corrected chi connectivity index (χ2v) is 6.95. The summed E-state index contributed by atoms with van der Waals surface area (Å²) < 4.78 is 0. The number of carbonyl (C=O) groups excluding carboxylic acids is 1. The molecule has 0 unspecified atom stereocenters. The van der Waals surface area contributed by atoms with Crippen molar-refractivity contribution in [3.8, 4) is 6.26 Å². The summed E-state index contributed by atoms with van der Waals surface area (Å²) in [7, 11) is 0. The van der Waals surface area contributed by atoms with Crippen LogP contribution >= 0.6 is 12.4 Å². The van der Waals surface area contributed by atoms with Gasteiger partial charge in [0.2, 0.25) is 0 Å². The number of carbonyl (C=O) groups is 1. The number of nitriles is 1. The molecule has 0 saturated carbocycles. The van der Waals surface area contributed by atoms with Gasteiger partial charge in [0, 0.05) is 25.9 Å². The van der Waals surface area contributed by atoms with Gasteiger partial charge in [-0.05, 0) is 66.6 Å². The summed E-state index contributed by atoms with van der Waals surface area (Å²) in [5.41, 5.74) is 13.7. The molecule has 0 atom stereocenters. The van der Waals surface area contributed by atoms with Crippen LogP contribution in [-0.4, -0.2) is 24.0 Å². The number of rotatable bonds is 0. The number of aryl methyl sites for hydroxylation is 2. The van der Waals surface area contributed by atoms with Crippen LogP contribution in [0.4, 0.5) is 4.79 Å². The third-order valence-corrected chi connectivity index (χ3v) is 5.19. The fourth-order valence-electron chi connectivity index (χ4n) is 3.71. The Labute approximate surface area is 207 Å². The van der Waals surface area contributed by atoms with Crippen LogP contribution in [0.5, 0.6) is 0 Å². The fraction of sp³-hybridized carbons (Fsp3) is 0.364. The first-order valence-corrected chi connectivity index (χ1v) is 9.39. The van der Waals surface area contributed by atoms with E-state index in [2.05, 4.69) is 49.5 Å². The Morgan fingerprint density at radius 2 is 1.63 bits per heavy atom. The number of benzene rings is 2. The van der Waals surface area contributed by atoms with Gasteiger partial charge in [0.05, 0.1) is 0 Å². The number of hydrogen-bond donors (Lipinski definition) is 2. The number of primary amides is 1. The minimum Gasteiger partial charge on any atom is -0.812 e. The molecule has 2 heterocycles. The fourth-order valence-corrected chi connectivity index (χ4v) is 3.71. The predicted octanol–water partition coefficient (Wildman–Crippen LogP) is -0.674. The first kappa shape index (κ1) is 28.2. The van der Waals surface area contributed by atoms with Gasteiger partial charge in [0.15, 0.2) is 0 Å². The van der Waals surface area contributed by atoms with Gasteiger partial charge in [0.25, 0.3) is 0 Å². The van der Waals surface area contributed by atoms with E-state index in [9.17, 15) is 4.79 Å². The zero-order chi connectivity index (χ0) is 20.5. The molecule has 0 radical (unpaired) electrons. The van der Waals surface area contributed by atoms with E-state index in [4.69, 9.17) is 16.1 Å². The largest absolute Gasteiger partial charge is 1.00 e. The Morgan fingerprint density at radius 1 is 1.10 bits per heavy atom. The number of nitrogens with one attached hydrogen (secondary N) is 1. The molecule has 2 aromatic carbocycles. The molecular weight excluding hydrogens is 411 g/mol. The van der Waals surface area contributed by atoms with Crippen molar-refractivity contribution < 1.29 is 39.5 Å². The molecule has 0 saturated heterocycles. The van der Waals surface area contributed by atoms with Crippen LogP contribution in [0.2, 0.25) is 0 Å². The van der Waals surface area contributed by atoms with Crippen molar-refractivity contribution in [2.24, 2.45) is 5.73 Å². The van der Waals surface area contributed by atoms with Crippen LogP contribution in [0.25, 0.3) is 0 Å². The van der Waals surface area contributed by atoms with E-state index >= 15 is 0 Å². The van der Waals surface area contributed by atoms with Gasteiger partial charge in [-0.3, -0.25) is 0 Å². The van der Waals surface area contributed by atoms with Gasteiger partial charge < -0.3 is 21.1 Å². The van der Waals surface area contributed by atoms with Crippen molar-refractivity contribution >= 4 is 18.4 Å². The standard InChI is InChI=1S/C11H14N2O.C10H13N.CHNO.ClH.Na/c1-8-3-2-4-9-7-13(11(12)14)6-5-10(8)9;1-8-3-2-4-9-7-11-6-5-10(8)9;2-1-3;;/h2-4H,5-7H2,1H3,(H2,12,14);2-4,11H,5-7H2,1H3;3H;1H;/q;;;;+1/p-1. The molecule has 2 amide bonds. The van der Waals surface area contributed by atoms with Gasteiger partial charge in [-0.15, -0.1) is 12.4 Å². The second-order valence-electron chi connectivity index (χ2n) is 6.95. The molecule has 0 aliphatic carbocycles. The average Bonchev–Trinajstić information content (AvgIpc) is 2.69. The Bertz CT molecular complexity index is 871. The van der Waals surface area contributed by atoms with Crippen LogP contribution in [0, 0.1) is 25.4 Å². The van der Waals surface area contributed by atoms with Crippen LogP contribution in [0.1, 0.15) is 33.4 Å². The number of nitrogens with zero attached hydrogens (tertiary/aromatic N) is 2. The molecule has 6 nitrogen and oxygen atoms in total. The summed E-state index contributed by atoms with van der Waals surface area (Å²) in [4.78, 5) is 12.7. The normalized spacial score (nSPS) is 13.2. The van der Waals surface area contributed by atoms with Crippen molar-refractivity contribution in [2.75, 3.05) is 13.1 Å². The van der Waals surface area contributed by atoms with Gasteiger partial charge in [-0.1, -0.05) is 36.4 Å². The Hall–Kier alpha value is -1.75. The summed E-state index contributed by atoms with van der Waals surface area (Å²) in [5.74, 6) is 0. The van der Waals surface area contributed by atoms with E-state index < -0.39 is 0 Å². The Morgan fingerprint density at radius 3 is 2.17 bits per heavy atom. The third kappa shape index (κ3) is 7.82. The first-order chi connectivity index (χ1) is 13.5. The Kier molecular flexibility index (Phi) is 13.5. The number of fused-ring (bicyclic) bond motifs is 2. The molecular formula is C22H28ClN4NaO2. The van der Waals surface area contributed by atoms with Crippen LogP contribution in [0.15, 0.2) is 36.4 Å². The van der Waals surface area contributed by atoms with E-state index in [0.717, 1.165) is 26.1 Å². The summed E-state index contributed by atoms with van der Waals surface area (Å²) in [6.07, 6.45) is 2.62. The number of hydrogen-bond acceptors (Lipinski definition) is 4. The van der Waals surface area contributed by atoms with Crippen molar-refractivity contribution in [2.45, 2.75) is 39.8 Å². The maximum absolute atomic E-state index is 11.0. The molecule has 0 bridgehead atoms. The van der Waals surface area contributed by atoms with Crippen molar-refractivity contribution in [3.63, 3.8) is 0 Å². The minimum absolute atomic E-state index is 0. The molecule has 8 heteroatoms. The van der Waals surface area contributed by atoms with Crippen LogP contribution in [0.3, 0.4) is 0 Å². The molecule has 156 valence electrons. The number of nitrogens with two attached hydrogens (primary N) is 1. The molecule has 30 heavy (non-hydrogen) atoms. The van der Waals surface area contributed by atoms with Crippen molar-refractivity contribution in [1.29, 1.82) is 5.26 Å². The molecule has 2 aromatic rings. The molecule has 0 aromatic heterocycles. The summed E-state index contributed by atoms with van der Waals surface area (Å²) in [5, 5.41) is 18.4. The van der Waals surface area contributed by atoms with Gasteiger partial charge in [0.1, 0.15) is 0 Å². The second kappa shape index (κ2) is 14.3. The minimum atomic E-state index is -0.322. The third-order valence-electron chi connectivity index (χ3n) is 5.19. The van der Waals surface area contributed by atoms with E-state index in [0.29, 0.717) is 12.8 Å². The van der Waals surface area contributed by atoms with Gasteiger partial charge in [-0.25, -0.2) is 10.1 Å². The van der Waals surface area contributed by atoms with Crippen molar-refractivity contribution in [3.05, 3.63) is 69.8 Å². The quantitative estimate of drug-likeness (QED) is 0.420. The summed E-state index contributed by atoms with van der Waals surface area (Å²) in [6.45, 7) is 7.90. The molecule has 2 aliphatic rings. The predicted molar refractivity (Wildman–Crippen MR) is 114 cm³/mol. The average molecular weight is 439 g/mol. The number of halogens is 1. The first-order valence-electron chi connectivity index (χ1n) is 9.39. The molecule has 0 spiro atoms. The summed E-state index contributed by atoms with van der Waals surface area (Å²) in [6, 6.07) is 12.4. The topological polar surface area (TPSA) is 105 Å². The SMILES string of the molecule is Cc1cccc2c1CCN(C(N)=O)C2.Cc1cccc2c1CCNC2.Cl.N#C[O-].[Na+]. The summed E-state index contributed by atoms with van der Waals surface area (Å²) >= 11 is 0. The maximum Gasteiger partial charge on any atom is 1.00 e. The number of amides is 2. The maximum atomic E-state index is 11.0. The smallest absolute Gasteiger partial charge is 0.812 e. The number of urea groups is 1. The zero-order valence-corrected chi connectivity index (χ0v) is 20.7. The molecule has 2 aliphatic heterocycles. The van der Waals surface area contributed by atoms with E-state index in [1.54, 1.807) is 10.5 Å². The van der Waals surface area contributed by atoms with Gasteiger partial charge in [-0.2, -0.15) is 0 Å². The molecule has 4 rings (SSSR count). The molecule has 3 N–H and O–H groups in total. The van der Waals surface area contributed by atoms with E-state index in [-0.39, 0.29) is 48.0 Å². The van der Waals surface area contributed by atoms with Crippen LogP contribution < -0.4 is 45.7 Å². The van der Waals surface area contributed by atoms with Gasteiger partial charge >= 0.3 is 35.6 Å². The van der Waals surface area contributed by atoms with E-state index in [1.165, 1.54) is 34.2 Å². The van der Waals surface area contributed by atoms with Crippen LogP contribution in [-0.2, 0) is 25.9 Å². The Balaban J connectivity index is 0.000000477. The monoisotopic (exact) mass is 438 g/mol. The van der Waals surface area contributed by atoms with Crippen molar-refractivity contribution in [1.82, 2.24) is 10.2 Å². The zero-order valence-electron chi connectivity index (χ0n) is 17.9. The van der Waals surface area contributed by atoms with E-state index in [1.807, 2.05) is 6.07 Å².